The molecule has 0 unspecified atom stereocenters. The molecule has 0 aliphatic heterocycles. The summed E-state index contributed by atoms with van der Waals surface area (Å²) in [4.78, 5) is 17.8. The predicted octanol–water partition coefficient (Wildman–Crippen LogP) is 1.40. The topological polar surface area (TPSA) is 86.2 Å². The molecule has 1 aromatic heterocycles. The van der Waals surface area contributed by atoms with E-state index in [4.69, 9.17) is 5.11 Å². The minimum Gasteiger partial charge on any atom is -0.493 e. The molecule has 5 nitrogen and oxygen atoms in total. The van der Waals surface area contributed by atoms with Crippen molar-refractivity contribution in [3.8, 4) is 17.0 Å². The zero-order valence-electron chi connectivity index (χ0n) is 8.64. The molecule has 0 aliphatic carbocycles. The Bertz CT molecular complexity index is 593. The van der Waals surface area contributed by atoms with Crippen LogP contribution in [0.5, 0.6) is 5.88 Å². The number of H-pyrrole nitrogens is 1. The Morgan fingerprint density at radius 1 is 1.29 bits per heavy atom. The van der Waals surface area contributed by atoms with Crippen molar-refractivity contribution in [2.24, 2.45) is 0 Å². The smallest absolute Gasteiger partial charge is 0.262 e. The van der Waals surface area contributed by atoms with E-state index in [2.05, 4.69) is 25.9 Å². The third-order valence-electron chi connectivity index (χ3n) is 2.23. The Morgan fingerprint density at radius 2 is 1.94 bits per heavy atom. The average molecular weight is 297 g/mol. The fourth-order valence-corrected chi connectivity index (χ4v) is 1.72. The second-order valence-electron chi connectivity index (χ2n) is 3.38. The van der Waals surface area contributed by atoms with Gasteiger partial charge in [-0.1, -0.05) is 28.1 Å². The van der Waals surface area contributed by atoms with Gasteiger partial charge in [0.15, 0.2) is 0 Å². The molecule has 0 amide bonds. The monoisotopic (exact) mass is 296 g/mol. The Hall–Kier alpha value is -1.66. The Labute approximate surface area is 105 Å². The predicted molar refractivity (Wildman–Crippen MR) is 65.6 cm³/mol. The van der Waals surface area contributed by atoms with Crippen LogP contribution in [0.4, 0.5) is 0 Å². The summed E-state index contributed by atoms with van der Waals surface area (Å²) in [6.07, 6.45) is 0. The fourth-order valence-electron chi connectivity index (χ4n) is 1.46. The molecule has 1 aromatic carbocycles. The molecule has 2 aromatic rings. The molecule has 17 heavy (non-hydrogen) atoms. The standard InChI is InChI=1S/C11H9BrN2O3/c12-7-3-1-6(2-4-7)9-10(16)13-8(5-15)14-11(9)17/h1-4,15H,5H2,(H2,13,14,16,17). The van der Waals surface area contributed by atoms with Crippen molar-refractivity contribution in [1.82, 2.24) is 9.97 Å². The number of halogens is 1. The zero-order chi connectivity index (χ0) is 12.4. The van der Waals surface area contributed by atoms with Crippen molar-refractivity contribution in [1.29, 1.82) is 0 Å². The summed E-state index contributed by atoms with van der Waals surface area (Å²) in [6, 6.07) is 6.89. The largest absolute Gasteiger partial charge is 0.493 e. The number of hydrogen-bond acceptors (Lipinski definition) is 4. The van der Waals surface area contributed by atoms with Gasteiger partial charge < -0.3 is 15.2 Å². The highest BCUT2D eigenvalue weighted by Gasteiger charge is 2.12. The Kier molecular flexibility index (Phi) is 3.26. The van der Waals surface area contributed by atoms with Crippen LogP contribution < -0.4 is 5.56 Å². The van der Waals surface area contributed by atoms with E-state index in [9.17, 15) is 9.90 Å². The van der Waals surface area contributed by atoms with E-state index < -0.39 is 12.2 Å². The lowest BCUT2D eigenvalue weighted by molar-refractivity contribution is 0.268. The van der Waals surface area contributed by atoms with Crippen LogP contribution >= 0.6 is 15.9 Å². The lowest BCUT2D eigenvalue weighted by Crippen LogP contribution is -2.13. The van der Waals surface area contributed by atoms with Crippen molar-refractivity contribution in [3.63, 3.8) is 0 Å². The van der Waals surface area contributed by atoms with E-state index in [0.29, 0.717) is 5.56 Å². The van der Waals surface area contributed by atoms with Gasteiger partial charge in [0.1, 0.15) is 18.0 Å². The first-order valence-corrected chi connectivity index (χ1v) is 5.60. The maximum atomic E-state index is 11.7. The van der Waals surface area contributed by atoms with Gasteiger partial charge in [0.2, 0.25) is 5.88 Å². The van der Waals surface area contributed by atoms with Gasteiger partial charge in [0.25, 0.3) is 5.56 Å². The number of nitrogens with zero attached hydrogens (tertiary/aromatic N) is 1. The molecule has 1 heterocycles. The normalized spacial score (nSPS) is 10.5. The minimum atomic E-state index is -0.483. The van der Waals surface area contributed by atoms with Crippen LogP contribution in [0.1, 0.15) is 5.82 Å². The summed E-state index contributed by atoms with van der Waals surface area (Å²) >= 11 is 3.28. The third-order valence-corrected chi connectivity index (χ3v) is 2.76. The molecule has 88 valence electrons. The van der Waals surface area contributed by atoms with Gasteiger partial charge in [-0.25, -0.2) is 0 Å². The van der Waals surface area contributed by atoms with Crippen molar-refractivity contribution in [2.75, 3.05) is 0 Å². The van der Waals surface area contributed by atoms with Crippen LogP contribution in [0.3, 0.4) is 0 Å². The fraction of sp³-hybridized carbons (Fsp3) is 0.0909. The number of aromatic hydroxyl groups is 1. The minimum absolute atomic E-state index is 0.0355. The summed E-state index contributed by atoms with van der Waals surface area (Å²) in [5, 5.41) is 18.5. The van der Waals surface area contributed by atoms with E-state index in [1.807, 2.05) is 0 Å². The van der Waals surface area contributed by atoms with Crippen molar-refractivity contribution in [3.05, 3.63) is 44.9 Å². The molecule has 0 saturated carbocycles. The molecule has 0 bridgehead atoms. The number of rotatable bonds is 2. The highest BCUT2D eigenvalue weighted by molar-refractivity contribution is 9.10. The summed E-state index contributed by atoms with van der Waals surface area (Å²) in [6.45, 7) is -0.427. The second kappa shape index (κ2) is 4.68. The van der Waals surface area contributed by atoms with Gasteiger partial charge in [0.05, 0.1) is 0 Å². The van der Waals surface area contributed by atoms with Gasteiger partial charge in [-0.05, 0) is 17.7 Å². The molecule has 0 fully saturated rings. The van der Waals surface area contributed by atoms with Gasteiger partial charge >= 0.3 is 0 Å². The van der Waals surface area contributed by atoms with Gasteiger partial charge in [-0.3, -0.25) is 4.79 Å². The van der Waals surface area contributed by atoms with Crippen LogP contribution in [0.15, 0.2) is 33.5 Å². The molecule has 2 rings (SSSR count). The zero-order valence-corrected chi connectivity index (χ0v) is 10.2. The lowest BCUT2D eigenvalue weighted by atomic mass is 10.1. The Balaban J connectivity index is 2.60. The highest BCUT2D eigenvalue weighted by atomic mass is 79.9. The average Bonchev–Trinajstić information content (AvgIpc) is 2.30. The van der Waals surface area contributed by atoms with Gasteiger partial charge in [-0.2, -0.15) is 4.98 Å². The number of benzene rings is 1. The SMILES string of the molecule is O=c1[nH]c(CO)nc(O)c1-c1ccc(Br)cc1. The van der Waals surface area contributed by atoms with Crippen LogP contribution in [-0.4, -0.2) is 20.2 Å². The molecular formula is C11H9BrN2O3. The quantitative estimate of drug-likeness (QED) is 0.782. The first kappa shape index (κ1) is 11.8. The number of aromatic nitrogens is 2. The van der Waals surface area contributed by atoms with Gasteiger partial charge in [0, 0.05) is 4.47 Å². The van der Waals surface area contributed by atoms with Crippen LogP contribution in [0, 0.1) is 0 Å². The molecule has 0 spiro atoms. The summed E-state index contributed by atoms with van der Waals surface area (Å²) in [5.74, 6) is -0.353. The van der Waals surface area contributed by atoms with Crippen LogP contribution in [0.25, 0.3) is 11.1 Å². The molecule has 0 radical (unpaired) electrons. The van der Waals surface area contributed by atoms with E-state index in [0.717, 1.165) is 4.47 Å². The van der Waals surface area contributed by atoms with Crippen molar-refractivity contribution in [2.45, 2.75) is 6.61 Å². The van der Waals surface area contributed by atoms with Crippen LogP contribution in [-0.2, 0) is 6.61 Å². The number of aliphatic hydroxyl groups excluding tert-OH is 1. The van der Waals surface area contributed by atoms with Crippen LogP contribution in [0.2, 0.25) is 0 Å². The van der Waals surface area contributed by atoms with E-state index in [1.165, 1.54) is 0 Å². The summed E-state index contributed by atoms with van der Waals surface area (Å²) in [5.41, 5.74) is 0.169. The molecule has 0 aliphatic rings. The van der Waals surface area contributed by atoms with Crippen molar-refractivity contribution < 1.29 is 10.2 Å². The molecule has 0 saturated heterocycles. The van der Waals surface area contributed by atoms with Gasteiger partial charge in [-0.15, -0.1) is 0 Å². The van der Waals surface area contributed by atoms with E-state index >= 15 is 0 Å². The first-order chi connectivity index (χ1) is 8.11. The Morgan fingerprint density at radius 3 is 2.47 bits per heavy atom. The molecule has 0 atom stereocenters. The summed E-state index contributed by atoms with van der Waals surface area (Å²) < 4.78 is 0.872. The maximum Gasteiger partial charge on any atom is 0.262 e. The molecule has 3 N–H and O–H groups in total. The maximum absolute atomic E-state index is 11.7. The number of aromatic amines is 1. The second-order valence-corrected chi connectivity index (χ2v) is 4.29. The number of nitrogens with one attached hydrogen (secondary N) is 1. The third kappa shape index (κ3) is 2.37. The molecular weight excluding hydrogens is 288 g/mol. The highest BCUT2D eigenvalue weighted by Crippen LogP contribution is 2.24. The van der Waals surface area contributed by atoms with E-state index in [1.54, 1.807) is 24.3 Å². The first-order valence-electron chi connectivity index (χ1n) is 4.81. The van der Waals surface area contributed by atoms with Crippen molar-refractivity contribution >= 4 is 15.9 Å². The number of hydrogen-bond donors (Lipinski definition) is 3. The van der Waals surface area contributed by atoms with E-state index in [-0.39, 0.29) is 17.3 Å². The summed E-state index contributed by atoms with van der Waals surface area (Å²) in [7, 11) is 0. The molecule has 6 heteroatoms. The number of aliphatic hydroxyl groups is 1. The lowest BCUT2D eigenvalue weighted by Gasteiger charge is -2.04.